The van der Waals surface area contributed by atoms with Gasteiger partial charge in [-0.2, -0.15) is 5.10 Å². The molecule has 0 amide bonds. The maximum absolute atomic E-state index is 13.3. The van der Waals surface area contributed by atoms with Crippen molar-refractivity contribution < 1.29 is 0 Å². The van der Waals surface area contributed by atoms with E-state index in [1.54, 1.807) is 22.5 Å². The van der Waals surface area contributed by atoms with E-state index in [9.17, 15) is 9.59 Å². The number of nitrogens with zero attached hydrogens (tertiary/aromatic N) is 6. The van der Waals surface area contributed by atoms with E-state index in [0.717, 1.165) is 21.3 Å². The molecule has 0 saturated heterocycles. The summed E-state index contributed by atoms with van der Waals surface area (Å²) in [6.45, 7) is 4.98. The highest BCUT2D eigenvalue weighted by Crippen LogP contribution is 2.30. The molecule has 0 bridgehead atoms. The van der Waals surface area contributed by atoms with Crippen molar-refractivity contribution in [1.29, 1.82) is 0 Å². The minimum atomic E-state index is -0.355. The Labute approximate surface area is 187 Å². The lowest BCUT2D eigenvalue weighted by Crippen LogP contribution is -2.38. The molecule has 0 N–H and O–H groups in total. The molecule has 5 aromatic rings. The molecule has 1 aromatic carbocycles. The highest BCUT2D eigenvalue weighted by molar-refractivity contribution is 7.13. The predicted octanol–water partition coefficient (Wildman–Crippen LogP) is 3.27. The molecule has 0 radical (unpaired) electrons. The number of fused-ring (bicyclic) bond motifs is 2. The second-order valence-corrected chi connectivity index (χ2v) is 9.10. The maximum atomic E-state index is 13.3. The van der Waals surface area contributed by atoms with Gasteiger partial charge in [0.1, 0.15) is 5.39 Å². The summed E-state index contributed by atoms with van der Waals surface area (Å²) in [7, 11) is 1.52. The van der Waals surface area contributed by atoms with Gasteiger partial charge < -0.3 is 0 Å². The van der Waals surface area contributed by atoms with Crippen molar-refractivity contribution in [3.63, 3.8) is 0 Å². The standard InChI is InChI=1S/C23H22N6O2S/c1-14(2)11-28-21-19(22(30)27(3)23(28)31)20(18-10-24-13-32-18)29(26-21)12-15-8-9-25-17-7-5-4-6-16(15)17/h4-10,13-14H,11-12H2,1-3H3. The zero-order valence-electron chi connectivity index (χ0n) is 18.0. The van der Waals surface area contributed by atoms with Gasteiger partial charge in [-0.15, -0.1) is 11.3 Å². The predicted molar refractivity (Wildman–Crippen MR) is 126 cm³/mol. The van der Waals surface area contributed by atoms with Gasteiger partial charge in [-0.1, -0.05) is 32.0 Å². The van der Waals surface area contributed by atoms with Crippen LogP contribution in [0.1, 0.15) is 19.4 Å². The van der Waals surface area contributed by atoms with Crippen LogP contribution < -0.4 is 11.2 Å². The topological polar surface area (TPSA) is 87.6 Å². The molecular weight excluding hydrogens is 424 g/mol. The van der Waals surface area contributed by atoms with Crippen LogP contribution in [0.15, 0.2) is 57.8 Å². The van der Waals surface area contributed by atoms with Crippen LogP contribution >= 0.6 is 11.3 Å². The molecule has 0 fully saturated rings. The van der Waals surface area contributed by atoms with Gasteiger partial charge in [0, 0.05) is 31.4 Å². The van der Waals surface area contributed by atoms with E-state index in [1.165, 1.54) is 23.0 Å². The first-order chi connectivity index (χ1) is 15.5. The first-order valence-electron chi connectivity index (χ1n) is 10.4. The van der Waals surface area contributed by atoms with Crippen molar-refractivity contribution in [3.05, 3.63) is 74.6 Å². The van der Waals surface area contributed by atoms with Crippen molar-refractivity contribution in [1.82, 2.24) is 28.9 Å². The summed E-state index contributed by atoms with van der Waals surface area (Å²) in [6.07, 6.45) is 3.51. The molecule has 8 nitrogen and oxygen atoms in total. The van der Waals surface area contributed by atoms with Crippen LogP contribution in [-0.2, 0) is 20.1 Å². The number of rotatable bonds is 5. The second-order valence-electron chi connectivity index (χ2n) is 8.21. The quantitative estimate of drug-likeness (QED) is 0.413. The Balaban J connectivity index is 1.83. The Hall–Kier alpha value is -3.59. The van der Waals surface area contributed by atoms with Crippen molar-refractivity contribution in [2.75, 3.05) is 0 Å². The molecule has 0 unspecified atom stereocenters. The summed E-state index contributed by atoms with van der Waals surface area (Å²) in [5, 5.41) is 6.28. The minimum absolute atomic E-state index is 0.217. The molecular formula is C23H22N6O2S. The van der Waals surface area contributed by atoms with E-state index in [0.29, 0.717) is 29.8 Å². The summed E-state index contributed by atoms with van der Waals surface area (Å²) in [6, 6.07) is 9.90. The normalized spacial score (nSPS) is 11.8. The highest BCUT2D eigenvalue weighted by atomic mass is 32.1. The molecule has 4 aromatic heterocycles. The fourth-order valence-electron chi connectivity index (χ4n) is 4.04. The van der Waals surface area contributed by atoms with Crippen LogP contribution in [-0.4, -0.2) is 28.9 Å². The largest absolute Gasteiger partial charge is 0.332 e. The van der Waals surface area contributed by atoms with E-state index >= 15 is 0 Å². The van der Waals surface area contributed by atoms with Crippen LogP contribution in [0, 0.1) is 5.92 Å². The van der Waals surface area contributed by atoms with Gasteiger partial charge in [-0.25, -0.2) is 4.79 Å². The SMILES string of the molecule is CC(C)Cn1c(=O)n(C)c(=O)c2c(-c3cncs3)n(Cc3ccnc4ccccc34)nc21. The smallest absolute Gasteiger partial charge is 0.276 e. The van der Waals surface area contributed by atoms with Crippen LogP contribution in [0.25, 0.3) is 32.5 Å². The van der Waals surface area contributed by atoms with E-state index in [1.807, 2.05) is 48.9 Å². The van der Waals surface area contributed by atoms with Gasteiger partial charge in [-0.05, 0) is 23.6 Å². The van der Waals surface area contributed by atoms with Gasteiger partial charge in [0.05, 0.1) is 28.1 Å². The van der Waals surface area contributed by atoms with Crippen LogP contribution in [0.4, 0.5) is 0 Å². The Morgan fingerprint density at radius 2 is 1.94 bits per heavy atom. The third kappa shape index (κ3) is 3.25. The number of pyridine rings is 1. The number of para-hydroxylation sites is 1. The molecule has 0 aliphatic carbocycles. The lowest BCUT2D eigenvalue weighted by atomic mass is 10.1. The van der Waals surface area contributed by atoms with Crippen molar-refractivity contribution in [3.8, 4) is 10.6 Å². The minimum Gasteiger partial charge on any atom is -0.276 e. The number of thiazole rings is 1. The molecule has 0 aliphatic rings. The summed E-state index contributed by atoms with van der Waals surface area (Å²) in [5.74, 6) is 0.217. The Kier molecular flexibility index (Phi) is 4.97. The van der Waals surface area contributed by atoms with E-state index < -0.39 is 0 Å². The number of aromatic nitrogens is 6. The van der Waals surface area contributed by atoms with Gasteiger partial charge in [0.2, 0.25) is 0 Å². The molecule has 162 valence electrons. The zero-order chi connectivity index (χ0) is 22.4. The van der Waals surface area contributed by atoms with Crippen LogP contribution in [0.2, 0.25) is 0 Å². The molecule has 5 rings (SSSR count). The number of hydrogen-bond donors (Lipinski definition) is 0. The molecule has 0 atom stereocenters. The van der Waals surface area contributed by atoms with Crippen LogP contribution in [0.3, 0.4) is 0 Å². The lowest BCUT2D eigenvalue weighted by molar-refractivity contribution is 0.498. The Morgan fingerprint density at radius 1 is 1.12 bits per heavy atom. The molecule has 4 heterocycles. The maximum Gasteiger partial charge on any atom is 0.332 e. The zero-order valence-corrected chi connectivity index (χ0v) is 18.8. The number of hydrogen-bond acceptors (Lipinski definition) is 6. The molecule has 32 heavy (non-hydrogen) atoms. The average molecular weight is 447 g/mol. The molecule has 0 spiro atoms. The van der Waals surface area contributed by atoms with Crippen LogP contribution in [0.5, 0.6) is 0 Å². The summed E-state index contributed by atoms with van der Waals surface area (Å²) in [4.78, 5) is 35.7. The number of benzene rings is 1. The average Bonchev–Trinajstić information content (AvgIpc) is 3.43. The lowest BCUT2D eigenvalue weighted by Gasteiger charge is -2.10. The third-order valence-corrected chi connectivity index (χ3v) is 6.28. The van der Waals surface area contributed by atoms with E-state index in [-0.39, 0.29) is 17.2 Å². The van der Waals surface area contributed by atoms with E-state index in [2.05, 4.69) is 9.97 Å². The summed E-state index contributed by atoms with van der Waals surface area (Å²) >= 11 is 1.44. The van der Waals surface area contributed by atoms with Gasteiger partial charge >= 0.3 is 5.69 Å². The van der Waals surface area contributed by atoms with Gasteiger partial charge in [0.15, 0.2) is 5.65 Å². The van der Waals surface area contributed by atoms with Gasteiger partial charge in [0.25, 0.3) is 5.56 Å². The molecule has 0 saturated carbocycles. The Morgan fingerprint density at radius 3 is 2.69 bits per heavy atom. The molecule has 9 heteroatoms. The highest BCUT2D eigenvalue weighted by Gasteiger charge is 2.23. The van der Waals surface area contributed by atoms with Crippen molar-refractivity contribution in [2.24, 2.45) is 13.0 Å². The van der Waals surface area contributed by atoms with Crippen molar-refractivity contribution >= 4 is 33.3 Å². The second kappa shape index (κ2) is 7.83. The fraction of sp³-hybridized carbons (Fsp3) is 0.261. The van der Waals surface area contributed by atoms with Gasteiger partial charge in [-0.3, -0.25) is 28.6 Å². The summed E-state index contributed by atoms with van der Waals surface area (Å²) in [5.41, 5.74) is 4.05. The van der Waals surface area contributed by atoms with E-state index in [4.69, 9.17) is 5.10 Å². The first kappa shape index (κ1) is 20.3. The monoisotopic (exact) mass is 446 g/mol. The molecule has 0 aliphatic heterocycles. The summed E-state index contributed by atoms with van der Waals surface area (Å²) < 4.78 is 4.59. The first-order valence-corrected chi connectivity index (χ1v) is 11.3. The fourth-order valence-corrected chi connectivity index (χ4v) is 4.72. The third-order valence-electron chi connectivity index (χ3n) is 5.50. The van der Waals surface area contributed by atoms with Crippen molar-refractivity contribution in [2.45, 2.75) is 26.9 Å². The Bertz CT molecular complexity index is 1550.